The van der Waals surface area contributed by atoms with E-state index >= 15 is 0 Å². The number of rotatable bonds is 7. The van der Waals surface area contributed by atoms with Crippen molar-refractivity contribution in [3.63, 3.8) is 0 Å². The molecule has 10 heteroatoms. The molecule has 0 amide bonds. The number of esters is 1. The topological polar surface area (TPSA) is 124 Å². The Hall–Kier alpha value is -5.38. The fraction of sp³-hybridized carbons (Fsp3) is 0.350. The largest absolute Gasteiger partial charge is 0.478 e. The van der Waals surface area contributed by atoms with Crippen molar-refractivity contribution in [1.29, 1.82) is 0 Å². The van der Waals surface area contributed by atoms with E-state index in [1.165, 1.54) is 33.6 Å². The maximum absolute atomic E-state index is 12.1. The quantitative estimate of drug-likeness (QED) is 0.187. The third kappa shape index (κ3) is 4.26. The number of fused-ring (bicyclic) bond motifs is 2. The zero-order chi connectivity index (χ0) is 34.5. The van der Waals surface area contributed by atoms with Crippen molar-refractivity contribution in [2.75, 3.05) is 6.61 Å². The lowest BCUT2D eigenvalue weighted by molar-refractivity contribution is -0.0739. The van der Waals surface area contributed by atoms with Crippen molar-refractivity contribution >= 4 is 23.2 Å². The molecule has 4 aromatic heterocycles. The van der Waals surface area contributed by atoms with Crippen LogP contribution in [-0.4, -0.2) is 52.8 Å². The molecule has 252 valence electrons. The van der Waals surface area contributed by atoms with Crippen LogP contribution < -0.4 is 0 Å². The summed E-state index contributed by atoms with van der Waals surface area (Å²) in [6.07, 6.45) is 14.0. The summed E-state index contributed by atoms with van der Waals surface area (Å²) < 4.78 is 9.09. The van der Waals surface area contributed by atoms with Crippen LogP contribution >= 0.6 is 0 Å². The van der Waals surface area contributed by atoms with Crippen LogP contribution in [0.4, 0.5) is 0 Å². The molecule has 6 aliphatic carbocycles. The van der Waals surface area contributed by atoms with Gasteiger partial charge in [0.2, 0.25) is 0 Å². The molecule has 0 aliphatic heterocycles. The van der Waals surface area contributed by atoms with Crippen molar-refractivity contribution in [1.82, 2.24) is 29.2 Å². The summed E-state index contributed by atoms with van der Waals surface area (Å²) in [5.74, 6) is -1.09. The van der Waals surface area contributed by atoms with E-state index in [1.807, 2.05) is 89.1 Å². The maximum Gasteiger partial charge on any atom is 0.338 e. The summed E-state index contributed by atoms with van der Waals surface area (Å²) in [7, 11) is 0. The molecule has 6 aromatic rings. The predicted molar refractivity (Wildman–Crippen MR) is 186 cm³/mol. The van der Waals surface area contributed by atoms with Crippen LogP contribution in [0.15, 0.2) is 85.5 Å². The van der Waals surface area contributed by atoms with Gasteiger partial charge in [-0.15, -0.1) is 0 Å². The zero-order valence-corrected chi connectivity index (χ0v) is 28.4. The Morgan fingerprint density at radius 2 is 1.16 bits per heavy atom. The first-order valence-corrected chi connectivity index (χ1v) is 17.3. The van der Waals surface area contributed by atoms with Crippen molar-refractivity contribution in [2.24, 2.45) is 0 Å². The van der Waals surface area contributed by atoms with Crippen molar-refractivity contribution in [2.45, 2.75) is 81.0 Å². The van der Waals surface area contributed by atoms with Crippen LogP contribution in [0.1, 0.15) is 99.8 Å². The fourth-order valence-electron chi connectivity index (χ4n) is 9.93. The smallest absolute Gasteiger partial charge is 0.338 e. The Kier molecular flexibility index (Phi) is 6.48. The van der Waals surface area contributed by atoms with Gasteiger partial charge in [-0.2, -0.15) is 10.2 Å². The monoisotopic (exact) mass is 666 g/mol. The van der Waals surface area contributed by atoms with Gasteiger partial charge < -0.3 is 9.84 Å². The van der Waals surface area contributed by atoms with E-state index < -0.39 is 5.97 Å². The van der Waals surface area contributed by atoms with E-state index in [0.29, 0.717) is 17.7 Å². The molecule has 0 saturated heterocycles. The first-order chi connectivity index (χ1) is 24.1. The van der Waals surface area contributed by atoms with Gasteiger partial charge in [0, 0.05) is 23.2 Å². The highest BCUT2D eigenvalue weighted by Crippen LogP contribution is 2.75. The van der Waals surface area contributed by atoms with Crippen LogP contribution in [0, 0.1) is 13.8 Å². The van der Waals surface area contributed by atoms with E-state index in [4.69, 9.17) is 4.74 Å². The molecular weight excluding hydrogens is 628 g/mol. The van der Waals surface area contributed by atoms with Crippen LogP contribution in [-0.2, 0) is 26.4 Å². The number of imidazole rings is 2. The molecule has 6 aliphatic rings. The summed E-state index contributed by atoms with van der Waals surface area (Å²) in [6.45, 7) is 6.44. The number of carboxylic acid groups (broad SMARTS) is 1. The average molecular weight is 667 g/mol. The number of aromatic carboxylic acids is 1. The van der Waals surface area contributed by atoms with E-state index in [-0.39, 0.29) is 27.6 Å². The molecule has 0 atom stereocenters. The second-order valence-electron chi connectivity index (χ2n) is 15.1. The highest BCUT2D eigenvalue weighted by Gasteiger charge is 2.71. The van der Waals surface area contributed by atoms with E-state index in [0.717, 1.165) is 49.8 Å². The lowest BCUT2D eigenvalue weighted by Crippen LogP contribution is -2.67. The third-order valence-electron chi connectivity index (χ3n) is 12.1. The molecule has 4 heterocycles. The van der Waals surface area contributed by atoms with Crippen molar-refractivity contribution < 1.29 is 19.4 Å². The van der Waals surface area contributed by atoms with Crippen LogP contribution in [0.2, 0.25) is 0 Å². The second kappa shape index (κ2) is 10.6. The Morgan fingerprint density at radius 3 is 1.62 bits per heavy atom. The highest BCUT2D eigenvalue weighted by molar-refractivity contribution is 5.90. The molecule has 2 aromatic carbocycles. The molecule has 6 saturated carbocycles. The van der Waals surface area contributed by atoms with Gasteiger partial charge in [0.25, 0.3) is 0 Å². The molecule has 10 nitrogen and oxygen atoms in total. The molecule has 0 spiro atoms. The number of hydrogen-bond acceptors (Lipinski definition) is 7. The first-order valence-electron chi connectivity index (χ1n) is 17.3. The van der Waals surface area contributed by atoms with Gasteiger partial charge in [-0.05, 0) is 141 Å². The number of ether oxygens (including phenoxy) is 1. The molecule has 0 radical (unpaired) electrons. The number of carbonyl (C=O) groups excluding carboxylic acids is 1. The molecule has 1 N–H and O–H groups in total. The average Bonchev–Trinajstić information content (AvgIpc) is 3.66. The fourth-order valence-corrected chi connectivity index (χ4v) is 9.93. The van der Waals surface area contributed by atoms with E-state index in [2.05, 4.69) is 34.0 Å². The molecule has 12 rings (SSSR count). The summed E-state index contributed by atoms with van der Waals surface area (Å²) in [5.41, 5.74) is 10.8. The van der Waals surface area contributed by atoms with Crippen molar-refractivity contribution in [3.05, 3.63) is 130 Å². The highest BCUT2D eigenvalue weighted by atomic mass is 16.5. The summed E-state index contributed by atoms with van der Waals surface area (Å²) in [6, 6.07) is 19.2. The van der Waals surface area contributed by atoms with Gasteiger partial charge in [-0.3, -0.25) is 0 Å². The van der Waals surface area contributed by atoms with E-state index in [1.54, 1.807) is 12.3 Å². The minimum Gasteiger partial charge on any atom is -0.478 e. The molecule has 50 heavy (non-hydrogen) atoms. The minimum atomic E-state index is -0.858. The van der Waals surface area contributed by atoms with Gasteiger partial charge in [-0.1, -0.05) is 12.1 Å². The minimum absolute atomic E-state index is 0.133. The van der Waals surface area contributed by atoms with Crippen LogP contribution in [0.25, 0.3) is 11.3 Å². The van der Waals surface area contributed by atoms with Gasteiger partial charge in [0.05, 0.1) is 41.5 Å². The predicted octanol–water partition coefficient (Wildman–Crippen LogP) is 6.70. The number of aromatic nitrogens is 6. The number of carboxylic acids is 1. The van der Waals surface area contributed by atoms with Crippen LogP contribution in [0.3, 0.4) is 0 Å². The van der Waals surface area contributed by atoms with Gasteiger partial charge >= 0.3 is 11.9 Å². The van der Waals surface area contributed by atoms with Gasteiger partial charge in [-0.25, -0.2) is 28.6 Å². The molecular formula is C40H38N6O4. The molecule has 6 fully saturated rings. The van der Waals surface area contributed by atoms with Crippen molar-refractivity contribution in [3.8, 4) is 0 Å². The number of nitrogens with zero attached hydrogens (tertiary/aromatic N) is 6. The van der Waals surface area contributed by atoms with Crippen LogP contribution in [0.5, 0.6) is 0 Å². The zero-order valence-electron chi connectivity index (χ0n) is 28.4. The SMILES string of the molecule is CCOC(=O)c1ccc(C)c(C23CC(c4cnc5cccnn45)(C2)C3)c1.Cc1ccc(C(=O)O)cc1C12CC(c3cnc4cccnn34)(C1)C2. The third-order valence-corrected chi connectivity index (χ3v) is 12.1. The first kappa shape index (κ1) is 30.7. The lowest BCUT2D eigenvalue weighted by atomic mass is 9.32. The Bertz CT molecular complexity index is 2330. The van der Waals surface area contributed by atoms with Gasteiger partial charge in [0.1, 0.15) is 0 Å². The number of carbonyl (C=O) groups is 2. The standard InChI is InChI=1S/C21H21N3O2.C19H17N3O2/c1-3-26-19(25)15-7-6-14(2)16(9-15)20-11-21(12-20,13-20)17-10-22-18-5-4-8-23-24(17)18;1-12-4-5-13(17(23)24)7-14(12)18-9-19(10-18,11-18)15-8-20-16-3-2-6-21-22(15)16/h4-10H,3,11-13H2,1-2H3;2-8H,9-11H2,1H3,(H,23,24). The second-order valence-corrected chi connectivity index (χ2v) is 15.1. The Labute approximate surface area is 289 Å². The Morgan fingerprint density at radius 1 is 0.700 bits per heavy atom. The summed E-state index contributed by atoms with van der Waals surface area (Å²) in [5, 5.41) is 18.2. The summed E-state index contributed by atoms with van der Waals surface area (Å²) >= 11 is 0. The Balaban J connectivity index is 0.000000135. The number of benzene rings is 2. The molecule has 0 unspecified atom stereocenters. The lowest BCUT2D eigenvalue weighted by Gasteiger charge is -2.71. The normalized spacial score (nSPS) is 26.9. The molecule has 4 bridgehead atoms. The summed E-state index contributed by atoms with van der Waals surface area (Å²) in [4.78, 5) is 32.4. The maximum atomic E-state index is 12.1. The number of aryl methyl sites for hydroxylation is 2. The number of hydrogen-bond donors (Lipinski definition) is 1. The van der Waals surface area contributed by atoms with Gasteiger partial charge in [0.15, 0.2) is 11.3 Å². The van der Waals surface area contributed by atoms with E-state index in [9.17, 15) is 14.7 Å².